The average Bonchev–Trinajstić information content (AvgIpc) is 4.21. The van der Waals surface area contributed by atoms with Gasteiger partial charge < -0.3 is 43.9 Å². The Morgan fingerprint density at radius 1 is 1.01 bits per heavy atom. The number of carbonyl (C=O) groups is 7. The normalized spacial score (nSPS) is 32.7. The number of aliphatic hydroxyl groups excluding tert-OH is 1. The van der Waals surface area contributed by atoms with E-state index >= 15 is 4.79 Å². The SMILES string of the molecule is CC[C@]1(O)C[C@@H]2CN(CCc3c([nH]c4ccc(CCCC(=O)ON5C(=O)CC(S(=O)(=O)O)C5=O)cc34)[C@@](C(=O)OC)(C3C=C4C(=CC3OC)N(C=O)C[C@]43CCN4CC=C[C@@](CC)([C@@H](OC(C)=O)[C@H](O)C(=O)OC)[C@H]43)C2)C1. The molecule has 3 amide bonds. The number of piperidine rings is 1. The number of amides is 3. The molecular weight excluding hydrogens is 1020 g/mol. The van der Waals surface area contributed by atoms with Gasteiger partial charge in [-0.05, 0) is 98.7 Å². The summed E-state index contributed by atoms with van der Waals surface area (Å²) in [5.74, 6) is -6.67. The minimum atomic E-state index is -4.90. The second kappa shape index (κ2) is 21.1. The van der Waals surface area contributed by atoms with Crippen molar-refractivity contribution in [3.8, 4) is 0 Å². The van der Waals surface area contributed by atoms with Crippen LogP contribution in [0, 0.1) is 22.7 Å². The van der Waals surface area contributed by atoms with Crippen LogP contribution in [0.5, 0.6) is 0 Å². The number of benzene rings is 1. The van der Waals surface area contributed by atoms with E-state index in [1.807, 2.05) is 50.3 Å². The summed E-state index contributed by atoms with van der Waals surface area (Å²) >= 11 is 0. The van der Waals surface area contributed by atoms with Crippen molar-refractivity contribution in [3.05, 3.63) is 70.6 Å². The number of hydrogen-bond acceptors (Lipinski definition) is 18. The number of allylic oxidation sites excluding steroid dienone is 1. The number of fused-ring (bicyclic) bond motifs is 9. The molecule has 2 bridgehead atoms. The highest BCUT2D eigenvalue weighted by Crippen LogP contribution is 2.62. The lowest BCUT2D eigenvalue weighted by Crippen LogP contribution is -2.63. The molecule has 4 unspecified atom stereocenters. The number of aromatic nitrogens is 1. The first-order valence-electron chi connectivity index (χ1n) is 26.3. The number of hydroxylamine groups is 2. The molecule has 0 radical (unpaired) electrons. The van der Waals surface area contributed by atoms with Crippen molar-refractivity contribution in [1.82, 2.24) is 24.7 Å². The lowest BCUT2D eigenvalue weighted by atomic mass is 9.56. The molecule has 23 heteroatoms. The summed E-state index contributed by atoms with van der Waals surface area (Å²) < 4.78 is 56.1. The number of H-pyrrole nitrogens is 1. The molecular formula is C54H69N5O17S. The number of rotatable bonds is 16. The third-order valence-corrected chi connectivity index (χ3v) is 18.9. The van der Waals surface area contributed by atoms with Crippen LogP contribution < -0.4 is 0 Å². The zero-order valence-corrected chi connectivity index (χ0v) is 45.0. The number of nitrogens with zero attached hydrogens (tertiary/aromatic N) is 4. The number of methoxy groups -OCH3 is 3. The monoisotopic (exact) mass is 1090 g/mol. The quantitative estimate of drug-likeness (QED) is 0.0468. The number of ether oxygens (including phenoxy) is 4. The Labute approximate surface area is 446 Å². The van der Waals surface area contributed by atoms with Gasteiger partial charge in [0.05, 0.1) is 32.3 Å². The second-order valence-corrected chi connectivity index (χ2v) is 23.6. The number of hydrogen-bond donors (Lipinski definition) is 4. The number of likely N-dealkylation sites (tertiary alicyclic amines) is 1. The van der Waals surface area contributed by atoms with E-state index in [1.165, 1.54) is 14.0 Å². The molecule has 7 aliphatic rings. The highest BCUT2D eigenvalue weighted by molar-refractivity contribution is 7.87. The molecule has 4 fully saturated rings. The molecule has 4 N–H and O–H groups in total. The van der Waals surface area contributed by atoms with Gasteiger partial charge in [-0.1, -0.05) is 38.1 Å². The maximum Gasteiger partial charge on any atom is 0.338 e. The summed E-state index contributed by atoms with van der Waals surface area (Å²) in [4.78, 5) is 108. The molecule has 12 atom stereocenters. The van der Waals surface area contributed by atoms with E-state index in [2.05, 4.69) is 20.9 Å². The molecule has 1 aromatic carbocycles. The van der Waals surface area contributed by atoms with Crippen molar-refractivity contribution in [2.75, 3.05) is 60.6 Å². The lowest BCUT2D eigenvalue weighted by Gasteiger charge is -2.53. The Morgan fingerprint density at radius 3 is 2.43 bits per heavy atom. The maximum atomic E-state index is 15.7. The van der Waals surface area contributed by atoms with Crippen molar-refractivity contribution >= 4 is 63.1 Å². The van der Waals surface area contributed by atoms with Crippen LogP contribution in [0.1, 0.15) is 89.0 Å². The number of aryl methyl sites for hydroxylation is 1. The minimum absolute atomic E-state index is 0.0821. The predicted molar refractivity (Wildman–Crippen MR) is 272 cm³/mol. The van der Waals surface area contributed by atoms with Crippen molar-refractivity contribution in [1.29, 1.82) is 0 Å². The smallest absolute Gasteiger partial charge is 0.338 e. The van der Waals surface area contributed by atoms with Crippen LogP contribution in [0.4, 0.5) is 0 Å². The molecule has 9 rings (SSSR count). The molecule has 1 aromatic heterocycles. The van der Waals surface area contributed by atoms with Crippen molar-refractivity contribution in [2.45, 2.75) is 126 Å². The van der Waals surface area contributed by atoms with Gasteiger partial charge in [0.2, 0.25) is 6.41 Å². The third kappa shape index (κ3) is 9.51. The van der Waals surface area contributed by atoms with E-state index in [4.69, 9.17) is 23.8 Å². The van der Waals surface area contributed by atoms with Crippen LogP contribution in [-0.2, 0) is 85.7 Å². The highest BCUT2D eigenvalue weighted by atomic mass is 32.2. The molecule has 4 saturated heterocycles. The standard InChI is InChI=1S/C54H69N5O17S/c1-7-51(68)25-33-26-54(50(67)74-6,45-34(15-19-56(27-33)28-51)35-21-32(13-14-38(35)55-45)11-9-12-43(63)76-59-42(62)24-41(47(59)65)77(69,70)71)37-22-36-39(23-40(37)72-4)58(30-60)29-53(36)17-20-57-18-10-16-52(8-2,49(53)57)46(75-31(3)61)44(64)48(66)73-5/h10,13-14,16,21-23,30,33,37,40-41,44,46,49,55,64,68H,7-9,11-12,15,17-20,24-29H2,1-6H3,(H,69,70,71)/t33-,37?,40?,41?,44-,46-,49-,51-,52-,53+,54-/m0/s1. The van der Waals surface area contributed by atoms with Crippen LogP contribution in [0.2, 0.25) is 0 Å². The maximum absolute atomic E-state index is 15.7. The highest BCUT2D eigenvalue weighted by Gasteiger charge is 2.67. The van der Waals surface area contributed by atoms with E-state index in [0.717, 1.165) is 35.6 Å². The number of aliphatic hydroxyl groups is 2. The summed E-state index contributed by atoms with van der Waals surface area (Å²) in [6, 6.07) is 5.19. The van der Waals surface area contributed by atoms with Gasteiger partial charge in [-0.25, -0.2) is 9.59 Å². The summed E-state index contributed by atoms with van der Waals surface area (Å²) in [6.45, 7) is 7.80. The van der Waals surface area contributed by atoms with E-state index in [9.17, 15) is 52.0 Å². The molecule has 77 heavy (non-hydrogen) atoms. The zero-order chi connectivity index (χ0) is 55.6. The number of imide groups is 1. The van der Waals surface area contributed by atoms with Gasteiger partial charge in [0.1, 0.15) is 11.5 Å². The second-order valence-electron chi connectivity index (χ2n) is 22.0. The number of carbonyl (C=O) groups excluding carboxylic acids is 7. The Kier molecular flexibility index (Phi) is 15.3. The van der Waals surface area contributed by atoms with Crippen molar-refractivity contribution < 1.29 is 80.5 Å². The van der Waals surface area contributed by atoms with Gasteiger partial charge in [0, 0.05) is 98.3 Å². The van der Waals surface area contributed by atoms with Crippen LogP contribution in [0.3, 0.4) is 0 Å². The minimum Gasteiger partial charge on any atom is -0.468 e. The molecule has 7 heterocycles. The summed E-state index contributed by atoms with van der Waals surface area (Å²) in [7, 11) is -0.853. The number of nitrogens with one attached hydrogen (secondary N) is 1. The van der Waals surface area contributed by atoms with Crippen molar-refractivity contribution in [2.24, 2.45) is 22.7 Å². The Bertz CT molecular complexity index is 2960. The first-order chi connectivity index (χ1) is 36.6. The molecule has 22 nitrogen and oxygen atoms in total. The van der Waals surface area contributed by atoms with E-state index in [0.29, 0.717) is 88.2 Å². The number of esters is 3. The third-order valence-electron chi connectivity index (χ3n) is 17.8. The Hall–Kier alpha value is -5.82. The summed E-state index contributed by atoms with van der Waals surface area (Å²) in [5.41, 5.74) is -0.458. The first-order valence-corrected chi connectivity index (χ1v) is 27.8. The summed E-state index contributed by atoms with van der Waals surface area (Å²) in [5, 5.41) is 22.7. The summed E-state index contributed by atoms with van der Waals surface area (Å²) in [6.07, 6.45) is 6.24. The fourth-order valence-corrected chi connectivity index (χ4v) is 15.2. The first kappa shape index (κ1) is 55.9. The van der Waals surface area contributed by atoms with Crippen LogP contribution in [0.25, 0.3) is 10.9 Å². The van der Waals surface area contributed by atoms with Gasteiger partial charge in [-0.3, -0.25) is 38.3 Å². The molecule has 0 saturated carbocycles. The van der Waals surface area contributed by atoms with Crippen LogP contribution >= 0.6 is 0 Å². The van der Waals surface area contributed by atoms with Gasteiger partial charge in [-0.15, -0.1) is 5.06 Å². The molecule has 6 aliphatic heterocycles. The Balaban J connectivity index is 1.16. The van der Waals surface area contributed by atoms with Crippen molar-refractivity contribution in [3.63, 3.8) is 0 Å². The van der Waals surface area contributed by atoms with Gasteiger partial charge >= 0.3 is 23.9 Å². The van der Waals surface area contributed by atoms with Crippen LogP contribution in [-0.4, -0.2) is 186 Å². The fourth-order valence-electron chi connectivity index (χ4n) is 14.5. The van der Waals surface area contributed by atoms with E-state index in [1.54, 1.807) is 12.0 Å². The average molecular weight is 1090 g/mol. The molecule has 1 aliphatic carbocycles. The van der Waals surface area contributed by atoms with Gasteiger partial charge in [0.15, 0.2) is 11.4 Å². The zero-order valence-electron chi connectivity index (χ0n) is 44.2. The van der Waals surface area contributed by atoms with E-state index < -0.39 is 110 Å². The topological polar surface area (TPSA) is 289 Å². The predicted octanol–water partition coefficient (Wildman–Crippen LogP) is 2.20. The molecule has 1 spiro atoms. The largest absolute Gasteiger partial charge is 0.468 e. The van der Waals surface area contributed by atoms with Gasteiger partial charge in [-0.2, -0.15) is 8.42 Å². The molecule has 2 aromatic rings. The molecule has 418 valence electrons. The van der Waals surface area contributed by atoms with Crippen LogP contribution in [0.15, 0.2) is 53.8 Å². The Morgan fingerprint density at radius 2 is 1.78 bits per heavy atom. The lowest BCUT2D eigenvalue weighted by molar-refractivity contribution is -0.197. The fraction of sp³-hybridized carbons (Fsp3) is 0.611. The van der Waals surface area contributed by atoms with E-state index in [-0.39, 0.29) is 36.8 Å². The number of aromatic amines is 1. The van der Waals surface area contributed by atoms with Gasteiger partial charge in [0.25, 0.3) is 21.9 Å².